The molecular weight excluding hydrogens is 569 g/mol. The number of nitrogens with one attached hydrogen (secondary N) is 2. The summed E-state index contributed by atoms with van der Waals surface area (Å²) in [7, 11) is 3.82. The molecule has 0 spiro atoms. The largest absolute Gasteiger partial charge is 0.453 e. The number of carbonyl (C=O) groups excluding carboxylic acids is 2. The second kappa shape index (κ2) is 12.6. The van der Waals surface area contributed by atoms with Crippen molar-refractivity contribution in [3.05, 3.63) is 66.2 Å². The fourth-order valence-electron chi connectivity index (χ4n) is 4.93. The number of halogens is 1. The van der Waals surface area contributed by atoms with Crippen LogP contribution >= 0.6 is 11.3 Å². The number of thiophene rings is 1. The zero-order valence-electron chi connectivity index (χ0n) is 24.2. The van der Waals surface area contributed by atoms with Crippen LogP contribution in [-0.4, -0.2) is 89.5 Å². The van der Waals surface area contributed by atoms with Gasteiger partial charge in [-0.3, -0.25) is 19.7 Å². The van der Waals surface area contributed by atoms with Crippen LogP contribution in [0.4, 0.5) is 14.9 Å². The monoisotopic (exact) mass is 603 g/mol. The number of carbonyl (C=O) groups is 2. The van der Waals surface area contributed by atoms with Crippen molar-refractivity contribution in [1.82, 2.24) is 30.0 Å². The molecule has 0 atom stereocenters. The Balaban J connectivity index is 1.09. The highest BCUT2D eigenvalue weighted by Gasteiger charge is 2.24. The Hall–Kier alpha value is -4.13. The van der Waals surface area contributed by atoms with Crippen LogP contribution in [0.15, 0.2) is 54.9 Å². The predicted molar refractivity (Wildman–Crippen MR) is 165 cm³/mol. The SMILES string of the molecule is CN(C)CC(=O)N1CCN(Cc2ccc(-c3cc4nccc(Oc5ccc(NC(=O)NC6CC6)cc5F)c4s3)nc2)CC1. The van der Waals surface area contributed by atoms with Gasteiger partial charge in [-0.15, -0.1) is 11.3 Å². The first-order chi connectivity index (χ1) is 20.8. The number of fused-ring (bicyclic) bond motifs is 1. The number of nitrogens with zero attached hydrogens (tertiary/aromatic N) is 5. The number of benzene rings is 1. The van der Waals surface area contributed by atoms with E-state index in [0.717, 1.165) is 71.9 Å². The molecule has 1 aliphatic heterocycles. The van der Waals surface area contributed by atoms with Gasteiger partial charge in [-0.2, -0.15) is 0 Å². The van der Waals surface area contributed by atoms with E-state index >= 15 is 0 Å². The third-order valence-corrected chi connectivity index (χ3v) is 8.52. The highest BCUT2D eigenvalue weighted by molar-refractivity contribution is 7.22. The average Bonchev–Trinajstić information content (AvgIpc) is 3.68. The number of likely N-dealkylation sites (N-methyl/N-ethyl adjacent to an activating group) is 1. The number of amides is 3. The van der Waals surface area contributed by atoms with Crippen molar-refractivity contribution < 1.29 is 18.7 Å². The zero-order valence-corrected chi connectivity index (χ0v) is 25.0. The van der Waals surface area contributed by atoms with Crippen molar-refractivity contribution in [2.24, 2.45) is 0 Å². The highest BCUT2D eigenvalue weighted by atomic mass is 32.1. The highest BCUT2D eigenvalue weighted by Crippen LogP contribution is 2.39. The number of urea groups is 1. The topological polar surface area (TPSA) is 103 Å². The second-order valence-electron chi connectivity index (χ2n) is 11.2. The standard InChI is InChI=1S/C31H34FN7O3S/c1-37(2)19-29(40)39-13-11-38(12-14-39)18-20-3-7-24(34-17-20)28-16-25-30(43-28)27(9-10-33-25)42-26-8-6-22(15-23(26)32)36-31(41)35-21-4-5-21/h3,6-10,15-17,21H,4-5,11-14,18-19H2,1-2H3,(H2,35,36,41). The van der Waals surface area contributed by atoms with E-state index in [0.29, 0.717) is 18.0 Å². The van der Waals surface area contributed by atoms with Crippen molar-refractivity contribution in [2.75, 3.05) is 52.1 Å². The number of anilines is 1. The summed E-state index contributed by atoms with van der Waals surface area (Å²) >= 11 is 1.48. The number of pyridine rings is 2. The van der Waals surface area contributed by atoms with Gasteiger partial charge in [-0.25, -0.2) is 9.18 Å². The summed E-state index contributed by atoms with van der Waals surface area (Å²) in [6, 6.07) is 12.0. The maximum atomic E-state index is 14.9. The predicted octanol–water partition coefficient (Wildman–Crippen LogP) is 4.78. The molecule has 4 aromatic rings. The summed E-state index contributed by atoms with van der Waals surface area (Å²) < 4.78 is 21.6. The molecule has 1 aromatic carbocycles. The maximum Gasteiger partial charge on any atom is 0.319 e. The lowest BCUT2D eigenvalue weighted by molar-refractivity contribution is -0.133. The molecule has 3 amide bonds. The number of aromatic nitrogens is 2. The Labute approximate surface area is 253 Å². The van der Waals surface area contributed by atoms with Crippen LogP contribution in [0, 0.1) is 5.82 Å². The lowest BCUT2D eigenvalue weighted by atomic mass is 10.2. The van der Waals surface area contributed by atoms with Crippen LogP contribution in [-0.2, 0) is 11.3 Å². The Kier molecular flexibility index (Phi) is 8.50. The molecule has 12 heteroatoms. The van der Waals surface area contributed by atoms with E-state index in [2.05, 4.69) is 26.6 Å². The number of hydrogen-bond donors (Lipinski definition) is 2. The van der Waals surface area contributed by atoms with Crippen molar-refractivity contribution in [3.63, 3.8) is 0 Å². The average molecular weight is 604 g/mol. The van der Waals surface area contributed by atoms with Gasteiger partial charge in [0.25, 0.3) is 0 Å². The first kappa shape index (κ1) is 29.0. The smallest absolute Gasteiger partial charge is 0.319 e. The summed E-state index contributed by atoms with van der Waals surface area (Å²) in [6.07, 6.45) is 5.47. The van der Waals surface area contributed by atoms with Crippen molar-refractivity contribution in [1.29, 1.82) is 0 Å². The van der Waals surface area contributed by atoms with Crippen molar-refractivity contribution in [2.45, 2.75) is 25.4 Å². The molecule has 0 unspecified atom stereocenters. The van der Waals surface area contributed by atoms with Gasteiger partial charge in [0.2, 0.25) is 5.91 Å². The fraction of sp³-hybridized carbons (Fsp3) is 0.355. The molecule has 1 saturated carbocycles. The molecule has 1 aliphatic carbocycles. The second-order valence-corrected chi connectivity index (χ2v) is 12.3. The molecule has 3 aromatic heterocycles. The number of hydrogen-bond acceptors (Lipinski definition) is 8. The van der Waals surface area contributed by atoms with Crippen LogP contribution < -0.4 is 15.4 Å². The van der Waals surface area contributed by atoms with E-state index in [1.54, 1.807) is 18.3 Å². The quantitative estimate of drug-likeness (QED) is 0.284. The van der Waals surface area contributed by atoms with E-state index < -0.39 is 5.82 Å². The van der Waals surface area contributed by atoms with Crippen LogP contribution in [0.2, 0.25) is 0 Å². The minimum atomic E-state index is -0.579. The van der Waals surface area contributed by atoms with E-state index in [1.807, 2.05) is 42.2 Å². The molecule has 2 aliphatic rings. The molecule has 2 fully saturated rings. The lowest BCUT2D eigenvalue weighted by Crippen LogP contribution is -2.50. The van der Waals surface area contributed by atoms with Gasteiger partial charge in [-0.05, 0) is 56.8 Å². The third-order valence-electron chi connectivity index (χ3n) is 7.36. The summed E-state index contributed by atoms with van der Waals surface area (Å²) in [5.41, 5.74) is 3.02. The minimum Gasteiger partial charge on any atom is -0.453 e. The first-order valence-electron chi connectivity index (χ1n) is 14.3. The number of piperazine rings is 1. The Morgan fingerprint density at radius 1 is 1.05 bits per heavy atom. The molecule has 2 N–H and O–H groups in total. The molecule has 6 rings (SSSR count). The fourth-order valence-corrected chi connectivity index (χ4v) is 5.97. The summed E-state index contributed by atoms with van der Waals surface area (Å²) in [5, 5.41) is 5.47. The van der Waals surface area contributed by atoms with Gasteiger partial charge in [-0.1, -0.05) is 6.07 Å². The molecule has 224 valence electrons. The molecule has 43 heavy (non-hydrogen) atoms. The van der Waals surface area contributed by atoms with E-state index in [4.69, 9.17) is 9.72 Å². The Bertz CT molecular complexity index is 1620. The van der Waals surface area contributed by atoms with Gasteiger partial charge in [0.05, 0.1) is 27.3 Å². The Morgan fingerprint density at radius 3 is 2.56 bits per heavy atom. The minimum absolute atomic E-state index is 0.0565. The molecule has 0 radical (unpaired) electrons. The summed E-state index contributed by atoms with van der Waals surface area (Å²) in [5.74, 6) is 0.144. The zero-order chi connectivity index (χ0) is 29.9. The van der Waals surface area contributed by atoms with Gasteiger partial charge in [0, 0.05) is 69.0 Å². The number of rotatable bonds is 9. The Morgan fingerprint density at radius 2 is 1.86 bits per heavy atom. The van der Waals surface area contributed by atoms with Gasteiger partial charge >= 0.3 is 6.03 Å². The third kappa shape index (κ3) is 7.27. The van der Waals surface area contributed by atoms with E-state index in [-0.39, 0.29) is 23.7 Å². The molecule has 4 heterocycles. The van der Waals surface area contributed by atoms with Crippen LogP contribution in [0.5, 0.6) is 11.5 Å². The lowest BCUT2D eigenvalue weighted by Gasteiger charge is -2.35. The van der Waals surface area contributed by atoms with E-state index in [9.17, 15) is 14.0 Å². The van der Waals surface area contributed by atoms with Gasteiger partial charge in [0.15, 0.2) is 11.6 Å². The van der Waals surface area contributed by atoms with Gasteiger partial charge < -0.3 is 25.2 Å². The van der Waals surface area contributed by atoms with Crippen LogP contribution in [0.1, 0.15) is 18.4 Å². The van der Waals surface area contributed by atoms with Gasteiger partial charge in [0.1, 0.15) is 5.75 Å². The van der Waals surface area contributed by atoms with E-state index in [1.165, 1.54) is 23.5 Å². The normalized spacial score (nSPS) is 15.6. The first-order valence-corrected chi connectivity index (χ1v) is 15.2. The van der Waals surface area contributed by atoms with Crippen molar-refractivity contribution >= 4 is 39.2 Å². The van der Waals surface area contributed by atoms with Crippen LogP contribution in [0.3, 0.4) is 0 Å². The van der Waals surface area contributed by atoms with Crippen molar-refractivity contribution in [3.8, 4) is 22.1 Å². The molecular formula is C31H34FN7O3S. The summed E-state index contributed by atoms with van der Waals surface area (Å²) in [4.78, 5) is 40.6. The molecule has 10 nitrogen and oxygen atoms in total. The molecule has 0 bridgehead atoms. The summed E-state index contributed by atoms with van der Waals surface area (Å²) in [6.45, 7) is 4.36. The molecule has 1 saturated heterocycles. The number of ether oxygens (including phenoxy) is 1. The van der Waals surface area contributed by atoms with Crippen LogP contribution in [0.25, 0.3) is 20.8 Å². The maximum absolute atomic E-state index is 14.9.